The summed E-state index contributed by atoms with van der Waals surface area (Å²) < 4.78 is 14.2. The molecule has 0 radical (unpaired) electrons. The number of benzene rings is 2. The zero-order valence-corrected chi connectivity index (χ0v) is 12.4. The molecule has 1 amide bonds. The number of nitrogens with zero attached hydrogens (tertiary/aromatic N) is 1. The number of carbonyl (C=O) groups is 1. The first kappa shape index (κ1) is 13.3. The Morgan fingerprint density at radius 1 is 1.10 bits per heavy atom. The summed E-state index contributed by atoms with van der Waals surface area (Å²) >= 11 is 3.37. The molecule has 3 rings (SSSR count). The van der Waals surface area contributed by atoms with E-state index in [2.05, 4.69) is 15.9 Å². The molecular formula is C16H13BrFNO. The minimum atomic E-state index is -0.244. The van der Waals surface area contributed by atoms with Crippen molar-refractivity contribution in [3.05, 3.63) is 69.4 Å². The molecule has 2 aromatic carbocycles. The molecule has 0 spiro atoms. The zero-order valence-electron chi connectivity index (χ0n) is 10.8. The van der Waals surface area contributed by atoms with E-state index in [9.17, 15) is 9.18 Å². The van der Waals surface area contributed by atoms with E-state index in [4.69, 9.17) is 0 Å². The van der Waals surface area contributed by atoms with Crippen LogP contribution >= 0.6 is 15.9 Å². The van der Waals surface area contributed by atoms with Crippen molar-refractivity contribution in [1.82, 2.24) is 4.90 Å². The standard InChI is InChI=1S/C16H13BrFNO/c17-14-4-1-11(2-5-14)7-16(20)19-9-12-3-6-15(18)8-13(12)10-19/h1-6,8H,7,9-10H2. The van der Waals surface area contributed by atoms with Crippen molar-refractivity contribution >= 4 is 21.8 Å². The Bertz CT molecular complexity index is 654. The fourth-order valence-corrected chi connectivity index (χ4v) is 2.69. The average molecular weight is 334 g/mol. The maximum absolute atomic E-state index is 13.2. The number of carbonyl (C=O) groups excluding carboxylic acids is 1. The summed E-state index contributed by atoms with van der Waals surface area (Å²) in [6.07, 6.45) is 0.379. The minimum Gasteiger partial charge on any atom is -0.334 e. The van der Waals surface area contributed by atoms with Crippen molar-refractivity contribution in [1.29, 1.82) is 0 Å². The van der Waals surface area contributed by atoms with Crippen LogP contribution < -0.4 is 0 Å². The van der Waals surface area contributed by atoms with E-state index in [-0.39, 0.29) is 11.7 Å². The summed E-state index contributed by atoms with van der Waals surface area (Å²) in [4.78, 5) is 14.0. The van der Waals surface area contributed by atoms with Gasteiger partial charge in [-0.3, -0.25) is 4.79 Å². The Balaban J connectivity index is 1.69. The van der Waals surface area contributed by atoms with Gasteiger partial charge in [-0.1, -0.05) is 34.1 Å². The SMILES string of the molecule is O=C(Cc1ccc(Br)cc1)N1Cc2ccc(F)cc2C1. The van der Waals surface area contributed by atoms with E-state index >= 15 is 0 Å². The van der Waals surface area contributed by atoms with E-state index in [0.717, 1.165) is 21.2 Å². The van der Waals surface area contributed by atoms with Crippen LogP contribution in [0.25, 0.3) is 0 Å². The highest BCUT2D eigenvalue weighted by atomic mass is 79.9. The third-order valence-electron chi connectivity index (χ3n) is 3.51. The first-order valence-electron chi connectivity index (χ1n) is 6.41. The van der Waals surface area contributed by atoms with Crippen LogP contribution in [0.4, 0.5) is 4.39 Å². The smallest absolute Gasteiger partial charge is 0.227 e. The molecule has 102 valence electrons. The molecule has 0 aliphatic carbocycles. The van der Waals surface area contributed by atoms with Crippen molar-refractivity contribution in [2.75, 3.05) is 0 Å². The largest absolute Gasteiger partial charge is 0.334 e. The van der Waals surface area contributed by atoms with Crippen LogP contribution in [-0.2, 0) is 24.3 Å². The van der Waals surface area contributed by atoms with Gasteiger partial charge in [-0.15, -0.1) is 0 Å². The number of hydrogen-bond donors (Lipinski definition) is 0. The lowest BCUT2D eigenvalue weighted by molar-refractivity contribution is -0.131. The van der Waals surface area contributed by atoms with Gasteiger partial charge in [0.2, 0.25) is 5.91 Å². The first-order valence-corrected chi connectivity index (χ1v) is 7.20. The van der Waals surface area contributed by atoms with Crippen molar-refractivity contribution < 1.29 is 9.18 Å². The monoisotopic (exact) mass is 333 g/mol. The molecule has 0 bridgehead atoms. The summed E-state index contributed by atoms with van der Waals surface area (Å²) in [7, 11) is 0. The average Bonchev–Trinajstić information content (AvgIpc) is 2.84. The van der Waals surface area contributed by atoms with E-state index in [0.29, 0.717) is 19.5 Å². The summed E-state index contributed by atoms with van der Waals surface area (Å²) in [5, 5.41) is 0. The third-order valence-corrected chi connectivity index (χ3v) is 4.04. The lowest BCUT2D eigenvalue weighted by Gasteiger charge is -2.15. The first-order chi connectivity index (χ1) is 9.61. The molecule has 1 heterocycles. The quantitative estimate of drug-likeness (QED) is 0.821. The lowest BCUT2D eigenvalue weighted by Crippen LogP contribution is -2.26. The predicted molar refractivity (Wildman–Crippen MR) is 78.5 cm³/mol. The van der Waals surface area contributed by atoms with Gasteiger partial charge in [0.25, 0.3) is 0 Å². The van der Waals surface area contributed by atoms with Crippen molar-refractivity contribution in [3.63, 3.8) is 0 Å². The maximum Gasteiger partial charge on any atom is 0.227 e. The van der Waals surface area contributed by atoms with Gasteiger partial charge in [-0.2, -0.15) is 0 Å². The van der Waals surface area contributed by atoms with Crippen LogP contribution in [0.1, 0.15) is 16.7 Å². The Labute approximate surface area is 125 Å². The summed E-state index contributed by atoms with van der Waals surface area (Å²) in [5.41, 5.74) is 2.94. The summed E-state index contributed by atoms with van der Waals surface area (Å²) in [6.45, 7) is 1.08. The van der Waals surface area contributed by atoms with E-state index in [1.54, 1.807) is 11.0 Å². The highest BCUT2D eigenvalue weighted by molar-refractivity contribution is 9.10. The lowest BCUT2D eigenvalue weighted by atomic mass is 10.1. The number of halogens is 2. The fourth-order valence-electron chi connectivity index (χ4n) is 2.43. The maximum atomic E-state index is 13.2. The number of hydrogen-bond acceptors (Lipinski definition) is 1. The zero-order chi connectivity index (χ0) is 14.1. The second kappa shape index (κ2) is 5.37. The van der Waals surface area contributed by atoms with Gasteiger partial charge in [0.1, 0.15) is 5.82 Å². The van der Waals surface area contributed by atoms with Gasteiger partial charge in [0, 0.05) is 17.6 Å². The number of amides is 1. The molecule has 0 saturated heterocycles. The molecule has 2 nitrogen and oxygen atoms in total. The van der Waals surface area contributed by atoms with Gasteiger partial charge in [-0.05, 0) is 41.0 Å². The van der Waals surface area contributed by atoms with Crippen molar-refractivity contribution in [2.24, 2.45) is 0 Å². The minimum absolute atomic E-state index is 0.0731. The second-order valence-electron chi connectivity index (χ2n) is 4.97. The van der Waals surface area contributed by atoms with Crippen molar-refractivity contribution in [3.8, 4) is 0 Å². The van der Waals surface area contributed by atoms with Gasteiger partial charge >= 0.3 is 0 Å². The molecule has 2 aromatic rings. The van der Waals surface area contributed by atoms with Gasteiger partial charge < -0.3 is 4.90 Å². The van der Waals surface area contributed by atoms with Crippen LogP contribution in [0.3, 0.4) is 0 Å². The van der Waals surface area contributed by atoms with Crippen LogP contribution in [0.5, 0.6) is 0 Å². The Kier molecular flexibility index (Phi) is 3.57. The number of fused-ring (bicyclic) bond motifs is 1. The predicted octanol–water partition coefficient (Wildman–Crippen LogP) is 3.67. The molecule has 0 saturated carbocycles. The molecule has 0 aromatic heterocycles. The van der Waals surface area contributed by atoms with E-state index < -0.39 is 0 Å². The summed E-state index contributed by atoms with van der Waals surface area (Å²) in [5.74, 6) is -0.171. The van der Waals surface area contributed by atoms with Crippen molar-refractivity contribution in [2.45, 2.75) is 19.5 Å². The fraction of sp³-hybridized carbons (Fsp3) is 0.188. The van der Waals surface area contributed by atoms with E-state index in [1.165, 1.54) is 12.1 Å². The van der Waals surface area contributed by atoms with Crippen LogP contribution in [0, 0.1) is 5.82 Å². The normalized spacial score (nSPS) is 13.4. The molecular weight excluding hydrogens is 321 g/mol. The highest BCUT2D eigenvalue weighted by Gasteiger charge is 2.23. The molecule has 20 heavy (non-hydrogen) atoms. The molecule has 0 N–H and O–H groups in total. The Morgan fingerprint density at radius 3 is 2.55 bits per heavy atom. The van der Waals surface area contributed by atoms with Crippen LogP contribution in [0.2, 0.25) is 0 Å². The summed E-state index contributed by atoms with van der Waals surface area (Å²) in [6, 6.07) is 12.4. The topological polar surface area (TPSA) is 20.3 Å². The molecule has 0 unspecified atom stereocenters. The van der Waals surface area contributed by atoms with E-state index in [1.807, 2.05) is 24.3 Å². The van der Waals surface area contributed by atoms with Crippen LogP contribution in [-0.4, -0.2) is 10.8 Å². The van der Waals surface area contributed by atoms with Gasteiger partial charge in [-0.25, -0.2) is 4.39 Å². The highest BCUT2D eigenvalue weighted by Crippen LogP contribution is 2.24. The third kappa shape index (κ3) is 2.75. The molecule has 1 aliphatic heterocycles. The number of rotatable bonds is 2. The molecule has 4 heteroatoms. The molecule has 0 fully saturated rings. The molecule has 0 atom stereocenters. The molecule has 1 aliphatic rings. The Hall–Kier alpha value is -1.68. The van der Waals surface area contributed by atoms with Gasteiger partial charge in [0.05, 0.1) is 6.42 Å². The van der Waals surface area contributed by atoms with Gasteiger partial charge in [0.15, 0.2) is 0 Å². The second-order valence-corrected chi connectivity index (χ2v) is 5.88. The Morgan fingerprint density at radius 2 is 1.80 bits per heavy atom. The van der Waals surface area contributed by atoms with Crippen LogP contribution in [0.15, 0.2) is 46.9 Å².